The molecule has 1 aliphatic rings. The number of anilines is 1. The molecule has 0 aromatic heterocycles. The molecule has 1 saturated heterocycles. The number of hydrogen-bond donors (Lipinski definition) is 1. The molecule has 0 amide bonds. The van der Waals surface area contributed by atoms with E-state index >= 15 is 0 Å². The second-order valence-corrected chi connectivity index (χ2v) is 5.38. The van der Waals surface area contributed by atoms with E-state index in [2.05, 4.69) is 39.1 Å². The summed E-state index contributed by atoms with van der Waals surface area (Å²) in [6, 6.07) is 6.60. The van der Waals surface area contributed by atoms with Gasteiger partial charge in [0.1, 0.15) is 0 Å². The summed E-state index contributed by atoms with van der Waals surface area (Å²) in [6.07, 6.45) is 1.21. The largest absolute Gasteiger partial charge is 0.369 e. The Morgan fingerprint density at radius 3 is 3.06 bits per heavy atom. The van der Waals surface area contributed by atoms with Gasteiger partial charge in [-0.2, -0.15) is 0 Å². The first-order valence-electron chi connectivity index (χ1n) is 5.64. The third kappa shape index (κ3) is 2.70. The lowest BCUT2D eigenvalue weighted by atomic mass is 10.2. The first kappa shape index (κ1) is 12.2. The molecule has 2 nitrogen and oxygen atoms in total. The van der Waals surface area contributed by atoms with E-state index < -0.39 is 0 Å². The Kier molecular flexibility index (Phi) is 4.11. The summed E-state index contributed by atoms with van der Waals surface area (Å²) in [6.45, 7) is 5.38. The van der Waals surface area contributed by atoms with Crippen molar-refractivity contribution in [3.63, 3.8) is 0 Å². The first-order valence-corrected chi connectivity index (χ1v) is 6.81. The van der Waals surface area contributed by atoms with Crippen molar-refractivity contribution in [2.24, 2.45) is 0 Å². The van der Waals surface area contributed by atoms with Crippen LogP contribution in [0.2, 0.25) is 5.02 Å². The van der Waals surface area contributed by atoms with E-state index in [1.54, 1.807) is 0 Å². The maximum Gasteiger partial charge on any atom is 0.0512 e. The second kappa shape index (κ2) is 5.39. The molecule has 0 saturated carbocycles. The molecule has 88 valence electrons. The Bertz CT molecular complexity index is 370. The van der Waals surface area contributed by atoms with Crippen LogP contribution >= 0.6 is 27.5 Å². The molecule has 1 N–H and O–H groups in total. The number of nitrogens with zero attached hydrogens (tertiary/aromatic N) is 1. The predicted octanol–water partition coefficient (Wildman–Crippen LogP) is 3.29. The summed E-state index contributed by atoms with van der Waals surface area (Å²) in [4.78, 5) is 2.40. The van der Waals surface area contributed by atoms with Gasteiger partial charge in [-0.05, 0) is 47.1 Å². The van der Waals surface area contributed by atoms with Crippen LogP contribution in [0, 0.1) is 0 Å². The minimum Gasteiger partial charge on any atom is -0.369 e. The van der Waals surface area contributed by atoms with Crippen molar-refractivity contribution in [1.29, 1.82) is 0 Å². The number of halogens is 2. The molecular weight excluding hydrogens is 288 g/mol. The van der Waals surface area contributed by atoms with E-state index in [0.29, 0.717) is 6.04 Å². The third-order valence-corrected chi connectivity index (χ3v) is 3.80. The fraction of sp³-hybridized carbons (Fsp3) is 0.500. The normalized spacial score (nSPS) is 20.4. The lowest BCUT2D eigenvalue weighted by molar-refractivity contribution is 0.572. The summed E-state index contributed by atoms with van der Waals surface area (Å²) in [5.74, 6) is 0. The van der Waals surface area contributed by atoms with Gasteiger partial charge < -0.3 is 10.2 Å². The van der Waals surface area contributed by atoms with E-state index in [9.17, 15) is 0 Å². The van der Waals surface area contributed by atoms with Crippen molar-refractivity contribution in [3.8, 4) is 0 Å². The Morgan fingerprint density at radius 1 is 1.56 bits per heavy atom. The lowest BCUT2D eigenvalue weighted by Crippen LogP contribution is -2.32. The molecule has 1 atom stereocenters. The fourth-order valence-electron chi connectivity index (χ4n) is 2.17. The van der Waals surface area contributed by atoms with Gasteiger partial charge in [0, 0.05) is 28.6 Å². The highest BCUT2D eigenvalue weighted by Crippen LogP contribution is 2.31. The molecule has 1 fully saturated rings. The van der Waals surface area contributed by atoms with Gasteiger partial charge in [-0.1, -0.05) is 18.5 Å². The van der Waals surface area contributed by atoms with Crippen molar-refractivity contribution in [2.45, 2.75) is 19.4 Å². The van der Waals surface area contributed by atoms with Crippen LogP contribution in [0.4, 0.5) is 5.69 Å². The number of rotatable bonds is 3. The molecule has 16 heavy (non-hydrogen) atoms. The van der Waals surface area contributed by atoms with Gasteiger partial charge in [-0.3, -0.25) is 0 Å². The molecule has 1 heterocycles. The van der Waals surface area contributed by atoms with Crippen LogP contribution < -0.4 is 10.2 Å². The average Bonchev–Trinajstić information content (AvgIpc) is 2.67. The quantitative estimate of drug-likeness (QED) is 0.922. The van der Waals surface area contributed by atoms with Gasteiger partial charge in [-0.25, -0.2) is 0 Å². The Balaban J connectivity index is 2.08. The van der Waals surface area contributed by atoms with Crippen LogP contribution in [0.5, 0.6) is 0 Å². The molecule has 1 aromatic carbocycles. The van der Waals surface area contributed by atoms with Crippen molar-refractivity contribution < 1.29 is 0 Å². The fourth-order valence-corrected chi connectivity index (χ4v) is 3.11. The summed E-state index contributed by atoms with van der Waals surface area (Å²) in [7, 11) is 0. The van der Waals surface area contributed by atoms with Gasteiger partial charge in [0.05, 0.1) is 5.69 Å². The second-order valence-electron chi connectivity index (χ2n) is 4.09. The van der Waals surface area contributed by atoms with Gasteiger partial charge in [-0.15, -0.1) is 0 Å². The zero-order valence-corrected chi connectivity index (χ0v) is 11.7. The number of nitrogens with one attached hydrogen (secondary N) is 1. The van der Waals surface area contributed by atoms with Gasteiger partial charge >= 0.3 is 0 Å². The van der Waals surface area contributed by atoms with Crippen LogP contribution in [0.25, 0.3) is 0 Å². The van der Waals surface area contributed by atoms with E-state index in [-0.39, 0.29) is 0 Å². The summed E-state index contributed by atoms with van der Waals surface area (Å²) in [5.41, 5.74) is 1.24. The van der Waals surface area contributed by atoms with E-state index in [1.165, 1.54) is 12.1 Å². The maximum atomic E-state index is 5.94. The monoisotopic (exact) mass is 302 g/mol. The van der Waals surface area contributed by atoms with Crippen LogP contribution in [0.1, 0.15) is 13.3 Å². The molecule has 0 radical (unpaired) electrons. The zero-order chi connectivity index (χ0) is 11.5. The van der Waals surface area contributed by atoms with Crippen LogP contribution in [-0.2, 0) is 0 Å². The van der Waals surface area contributed by atoms with Crippen molar-refractivity contribution in [3.05, 3.63) is 27.7 Å². The lowest BCUT2D eigenvalue weighted by Gasteiger charge is -2.20. The molecule has 2 rings (SSSR count). The molecule has 0 bridgehead atoms. The molecule has 1 unspecified atom stereocenters. The highest BCUT2D eigenvalue weighted by molar-refractivity contribution is 9.10. The van der Waals surface area contributed by atoms with Gasteiger partial charge in [0.25, 0.3) is 0 Å². The van der Waals surface area contributed by atoms with Crippen LogP contribution in [0.15, 0.2) is 22.7 Å². The van der Waals surface area contributed by atoms with Crippen LogP contribution in [-0.4, -0.2) is 25.7 Å². The minimum atomic E-state index is 0.618. The number of likely N-dealkylation sites (N-methyl/N-ethyl adjacent to an activating group) is 1. The Hall–Kier alpha value is -0.250. The highest BCUT2D eigenvalue weighted by Gasteiger charge is 2.22. The van der Waals surface area contributed by atoms with E-state index in [1.807, 2.05) is 12.1 Å². The zero-order valence-electron chi connectivity index (χ0n) is 9.34. The predicted molar refractivity (Wildman–Crippen MR) is 73.4 cm³/mol. The molecule has 1 aromatic rings. The molecular formula is C12H16BrClN2. The smallest absolute Gasteiger partial charge is 0.0512 e. The van der Waals surface area contributed by atoms with Crippen molar-refractivity contribution in [2.75, 3.05) is 24.5 Å². The van der Waals surface area contributed by atoms with E-state index in [4.69, 9.17) is 11.6 Å². The first-order chi connectivity index (χ1) is 7.70. The summed E-state index contributed by atoms with van der Waals surface area (Å²) in [5, 5.41) is 4.27. The van der Waals surface area contributed by atoms with Gasteiger partial charge in [0.15, 0.2) is 0 Å². The standard InChI is InChI=1S/C12H16BrClN2/c1-2-15-10-5-6-16(8-10)12-4-3-9(14)7-11(12)13/h3-4,7,10,15H,2,5-6,8H2,1H3. The summed E-state index contributed by atoms with van der Waals surface area (Å²) < 4.78 is 1.08. The molecule has 1 aliphatic heterocycles. The number of benzene rings is 1. The highest BCUT2D eigenvalue weighted by atomic mass is 79.9. The third-order valence-electron chi connectivity index (χ3n) is 2.93. The van der Waals surface area contributed by atoms with Crippen molar-refractivity contribution >= 4 is 33.2 Å². The SMILES string of the molecule is CCNC1CCN(c2ccc(Cl)cc2Br)C1. The summed E-state index contributed by atoms with van der Waals surface area (Å²) >= 11 is 9.51. The number of hydrogen-bond acceptors (Lipinski definition) is 2. The average molecular weight is 304 g/mol. The Labute approximate surface area is 110 Å². The van der Waals surface area contributed by atoms with Gasteiger partial charge in [0.2, 0.25) is 0 Å². The molecule has 4 heteroatoms. The topological polar surface area (TPSA) is 15.3 Å². The Morgan fingerprint density at radius 2 is 2.38 bits per heavy atom. The minimum absolute atomic E-state index is 0.618. The van der Waals surface area contributed by atoms with Crippen molar-refractivity contribution in [1.82, 2.24) is 5.32 Å². The van der Waals surface area contributed by atoms with E-state index in [0.717, 1.165) is 29.1 Å². The van der Waals surface area contributed by atoms with Crippen LogP contribution in [0.3, 0.4) is 0 Å². The molecule has 0 spiro atoms. The maximum absolute atomic E-state index is 5.94. The molecule has 0 aliphatic carbocycles.